The molecule has 318 valence electrons. The quantitative estimate of drug-likeness (QED) is 0.0932. The van der Waals surface area contributed by atoms with Gasteiger partial charge in [0.2, 0.25) is 17.7 Å². The summed E-state index contributed by atoms with van der Waals surface area (Å²) < 4.78 is 1.68. The first-order valence-electron chi connectivity index (χ1n) is 21.2. The number of fused-ring (bicyclic) bond motifs is 3. The van der Waals surface area contributed by atoms with Gasteiger partial charge in [-0.3, -0.25) is 34.2 Å². The smallest absolute Gasteiger partial charge is 0.255 e. The summed E-state index contributed by atoms with van der Waals surface area (Å²) in [5.74, 6) is 5.75. The van der Waals surface area contributed by atoms with Gasteiger partial charge < -0.3 is 20.4 Å². The number of unbranched alkanes of at least 4 members (excludes halogenated alkanes) is 2. The van der Waals surface area contributed by atoms with Crippen LogP contribution in [0.3, 0.4) is 0 Å². The van der Waals surface area contributed by atoms with Crippen molar-refractivity contribution in [2.45, 2.75) is 58.0 Å². The lowest BCUT2D eigenvalue weighted by molar-refractivity contribution is -0.137. The number of nitrogens with zero attached hydrogens (tertiary/aromatic N) is 8. The second-order valence-electron chi connectivity index (χ2n) is 16.0. The second-order valence-corrected chi connectivity index (χ2v) is 16.0. The largest absolute Gasteiger partial charge is 0.353 e. The van der Waals surface area contributed by atoms with E-state index in [0.717, 1.165) is 79.8 Å². The third-order valence-corrected chi connectivity index (χ3v) is 11.9. The number of piperazine rings is 1. The molecule has 3 aromatic carbocycles. The van der Waals surface area contributed by atoms with Crippen LogP contribution in [0.2, 0.25) is 0 Å². The molecule has 9 rings (SSSR count). The van der Waals surface area contributed by atoms with Gasteiger partial charge in [0, 0.05) is 90.8 Å². The predicted octanol–water partition coefficient (Wildman–Crippen LogP) is 4.72. The maximum absolute atomic E-state index is 13.4. The SMILES string of the molecule is Cc1ccc(C(=O)Nc2ccc3c(N4CCN(CCCCCC(=O)Nc5cccc6c5CN(C5CCC(=O)NC5=O)C6=O)CC4)ncnc3c2)cc1C#Cc1cnc2cccnn12. The first kappa shape index (κ1) is 40.9. The Bertz CT molecular complexity index is 2860. The molecule has 2 saturated heterocycles. The highest BCUT2D eigenvalue weighted by molar-refractivity contribution is 6.07. The molecule has 6 heterocycles. The second kappa shape index (κ2) is 17.8. The third-order valence-electron chi connectivity index (χ3n) is 11.9. The Balaban J connectivity index is 0.730. The minimum absolute atomic E-state index is 0.114. The van der Waals surface area contributed by atoms with E-state index in [0.29, 0.717) is 45.8 Å². The molecular weight excluding hydrogens is 799 g/mol. The number of imidazole rings is 1. The monoisotopic (exact) mass is 843 g/mol. The fourth-order valence-corrected chi connectivity index (χ4v) is 8.42. The van der Waals surface area contributed by atoms with Gasteiger partial charge in [-0.2, -0.15) is 5.10 Å². The summed E-state index contributed by atoms with van der Waals surface area (Å²) in [5.41, 5.74) is 6.65. The van der Waals surface area contributed by atoms with Crippen molar-refractivity contribution in [1.82, 2.24) is 39.7 Å². The number of nitrogens with one attached hydrogen (secondary N) is 3. The highest BCUT2D eigenvalue weighted by Gasteiger charge is 2.40. The van der Waals surface area contributed by atoms with Crippen molar-refractivity contribution in [3.05, 3.63) is 119 Å². The summed E-state index contributed by atoms with van der Waals surface area (Å²) in [5, 5.41) is 13.6. The molecule has 63 heavy (non-hydrogen) atoms. The maximum Gasteiger partial charge on any atom is 0.255 e. The van der Waals surface area contributed by atoms with Crippen LogP contribution in [0.1, 0.15) is 81.6 Å². The van der Waals surface area contributed by atoms with Crippen LogP contribution >= 0.6 is 0 Å². The van der Waals surface area contributed by atoms with Gasteiger partial charge in [0.15, 0.2) is 5.65 Å². The predicted molar refractivity (Wildman–Crippen MR) is 236 cm³/mol. The molecule has 1 atom stereocenters. The minimum Gasteiger partial charge on any atom is -0.353 e. The first-order chi connectivity index (χ1) is 30.7. The summed E-state index contributed by atoms with van der Waals surface area (Å²) in [7, 11) is 0. The molecule has 16 nitrogen and oxygen atoms in total. The van der Waals surface area contributed by atoms with E-state index in [2.05, 4.69) is 57.6 Å². The van der Waals surface area contributed by atoms with Crippen molar-refractivity contribution in [3.63, 3.8) is 0 Å². The zero-order valence-corrected chi connectivity index (χ0v) is 34.8. The highest BCUT2D eigenvalue weighted by Crippen LogP contribution is 2.33. The van der Waals surface area contributed by atoms with Crippen molar-refractivity contribution < 1.29 is 24.0 Å². The van der Waals surface area contributed by atoms with Gasteiger partial charge in [-0.1, -0.05) is 24.5 Å². The molecule has 0 radical (unpaired) electrons. The average Bonchev–Trinajstić information content (AvgIpc) is 3.86. The zero-order valence-electron chi connectivity index (χ0n) is 34.8. The van der Waals surface area contributed by atoms with Gasteiger partial charge >= 0.3 is 0 Å². The van der Waals surface area contributed by atoms with Crippen molar-refractivity contribution in [1.29, 1.82) is 0 Å². The number of anilines is 3. The standard InChI is InChI=1S/C47H45N11O5/c1-30-11-12-32(25-31(30)13-15-34-27-48-41-9-6-19-51-58(34)41)45(61)52-33-14-16-36-39(26-33)49-29-50-44(36)56-23-21-55(22-24-56)20-4-2-3-10-42(59)53-38-8-5-7-35-37(38)28-57(47(35)63)40-17-18-43(60)54-46(40)62/h5-9,11-12,14,16,19,25-27,29,40H,2-4,10,17-18,20-24,28H2,1H3,(H,52,61)(H,53,59)(H,54,60,62). The number of hydrogen-bond donors (Lipinski definition) is 3. The van der Waals surface area contributed by atoms with Gasteiger partial charge in [0.05, 0.1) is 11.7 Å². The topological polar surface area (TPSA) is 187 Å². The summed E-state index contributed by atoms with van der Waals surface area (Å²) >= 11 is 0. The van der Waals surface area contributed by atoms with Crippen LogP contribution in [-0.2, 0) is 20.9 Å². The Hall–Kier alpha value is -7.51. The molecule has 5 amide bonds. The summed E-state index contributed by atoms with van der Waals surface area (Å²) in [6.45, 7) is 6.48. The fraction of sp³-hybridized carbons (Fsp3) is 0.298. The van der Waals surface area contributed by atoms with Crippen molar-refractivity contribution in [2.24, 2.45) is 0 Å². The molecule has 1 unspecified atom stereocenters. The summed E-state index contributed by atoms with van der Waals surface area (Å²) in [6, 6.07) is 19.4. The first-order valence-corrected chi connectivity index (χ1v) is 21.2. The molecule has 6 aromatic rings. The number of imide groups is 1. The van der Waals surface area contributed by atoms with Gasteiger partial charge in [0.1, 0.15) is 23.9 Å². The molecular formula is C47H45N11O5. The minimum atomic E-state index is -0.708. The van der Waals surface area contributed by atoms with Crippen LogP contribution in [0.4, 0.5) is 17.2 Å². The normalized spacial score (nSPS) is 16.5. The Morgan fingerprint density at radius 2 is 1.76 bits per heavy atom. The lowest BCUT2D eigenvalue weighted by Crippen LogP contribution is -2.52. The molecule has 0 aliphatic carbocycles. The lowest BCUT2D eigenvalue weighted by atomic mass is 10.0. The van der Waals surface area contributed by atoms with E-state index in [9.17, 15) is 24.0 Å². The number of aromatic nitrogens is 5. The summed E-state index contributed by atoms with van der Waals surface area (Å²) in [6.07, 6.45) is 8.37. The fourth-order valence-electron chi connectivity index (χ4n) is 8.42. The van der Waals surface area contributed by atoms with Crippen LogP contribution in [0, 0.1) is 18.8 Å². The number of carbonyl (C=O) groups excluding carboxylic acids is 5. The molecule has 3 aliphatic rings. The van der Waals surface area contributed by atoms with Gasteiger partial charge in [-0.25, -0.2) is 19.5 Å². The zero-order chi connectivity index (χ0) is 43.5. The van der Waals surface area contributed by atoms with Gasteiger partial charge in [0.25, 0.3) is 11.8 Å². The molecule has 0 spiro atoms. The van der Waals surface area contributed by atoms with Crippen molar-refractivity contribution in [3.8, 4) is 11.8 Å². The number of aryl methyl sites for hydroxylation is 1. The van der Waals surface area contributed by atoms with E-state index in [1.165, 1.54) is 4.90 Å². The number of hydrogen-bond acceptors (Lipinski definition) is 11. The van der Waals surface area contributed by atoms with Crippen LogP contribution in [-0.4, -0.2) is 103 Å². The molecule has 3 aromatic heterocycles. The van der Waals surface area contributed by atoms with Crippen LogP contribution in [0.5, 0.6) is 0 Å². The molecule has 16 heteroatoms. The number of amides is 5. The number of rotatable bonds is 11. The molecule has 2 fully saturated rings. The third kappa shape index (κ3) is 8.82. The van der Waals surface area contributed by atoms with E-state index in [4.69, 9.17) is 0 Å². The van der Waals surface area contributed by atoms with E-state index >= 15 is 0 Å². The Morgan fingerprint density at radius 1 is 0.889 bits per heavy atom. The Kier molecular flexibility index (Phi) is 11.6. The average molecular weight is 844 g/mol. The highest BCUT2D eigenvalue weighted by atomic mass is 16.2. The Labute approximate surface area is 363 Å². The Morgan fingerprint density at radius 3 is 2.62 bits per heavy atom. The number of carbonyl (C=O) groups is 5. The van der Waals surface area contributed by atoms with E-state index in [1.807, 2.05) is 43.3 Å². The number of benzene rings is 3. The van der Waals surface area contributed by atoms with Crippen LogP contribution in [0.15, 0.2) is 85.5 Å². The van der Waals surface area contributed by atoms with E-state index in [-0.39, 0.29) is 43.0 Å². The van der Waals surface area contributed by atoms with Gasteiger partial charge in [-0.15, -0.1) is 0 Å². The molecule has 3 N–H and O–H groups in total. The van der Waals surface area contributed by atoms with E-state index in [1.54, 1.807) is 53.6 Å². The van der Waals surface area contributed by atoms with Gasteiger partial charge in [-0.05, 0) is 98.8 Å². The molecule has 0 saturated carbocycles. The molecule has 0 bridgehead atoms. The van der Waals surface area contributed by atoms with Crippen LogP contribution < -0.4 is 20.9 Å². The van der Waals surface area contributed by atoms with Crippen molar-refractivity contribution >= 4 is 63.3 Å². The van der Waals surface area contributed by atoms with Crippen LogP contribution in [0.25, 0.3) is 16.6 Å². The molecule has 3 aliphatic heterocycles. The van der Waals surface area contributed by atoms with Crippen molar-refractivity contribution in [2.75, 3.05) is 48.3 Å². The summed E-state index contributed by atoms with van der Waals surface area (Å²) in [4.78, 5) is 83.3. The number of piperidine rings is 1. The maximum atomic E-state index is 13.4. The lowest BCUT2D eigenvalue weighted by Gasteiger charge is -2.35. The van der Waals surface area contributed by atoms with E-state index < -0.39 is 11.9 Å².